The molecule has 0 aliphatic heterocycles. The number of nitrogens with one attached hydrogen (secondary N) is 1. The van der Waals surface area contributed by atoms with E-state index in [0.29, 0.717) is 12.4 Å². The van der Waals surface area contributed by atoms with Gasteiger partial charge in [0.2, 0.25) is 5.91 Å². The van der Waals surface area contributed by atoms with E-state index in [1.807, 2.05) is 78.2 Å². The maximum atomic E-state index is 11.5. The third-order valence-electron chi connectivity index (χ3n) is 5.07. The summed E-state index contributed by atoms with van der Waals surface area (Å²) in [5, 5.41) is 15.7. The van der Waals surface area contributed by atoms with Gasteiger partial charge in [0.15, 0.2) is 0 Å². The summed E-state index contributed by atoms with van der Waals surface area (Å²) in [6.45, 7) is 3.83. The number of para-hydroxylation sites is 2. The molecular formula is C24H25N3O3. The lowest BCUT2D eigenvalue weighted by Crippen LogP contribution is -2.29. The van der Waals surface area contributed by atoms with Crippen molar-refractivity contribution in [3.05, 3.63) is 72.6 Å². The highest BCUT2D eigenvalue weighted by Gasteiger charge is 2.19. The molecule has 3 aromatic carbocycles. The summed E-state index contributed by atoms with van der Waals surface area (Å²) in [6, 6.07) is 21.4. The van der Waals surface area contributed by atoms with Gasteiger partial charge in [0.05, 0.1) is 23.6 Å². The Morgan fingerprint density at radius 2 is 1.83 bits per heavy atom. The van der Waals surface area contributed by atoms with Crippen molar-refractivity contribution >= 4 is 27.7 Å². The minimum atomic E-state index is -0.746. The van der Waals surface area contributed by atoms with Gasteiger partial charge in [-0.15, -0.1) is 0 Å². The zero-order chi connectivity index (χ0) is 21.1. The molecule has 0 aliphatic rings. The lowest BCUT2D eigenvalue weighted by molar-refractivity contribution is -0.119. The molecule has 1 amide bonds. The van der Waals surface area contributed by atoms with Crippen LogP contribution < -0.4 is 10.1 Å². The number of hydrogen-bond donors (Lipinski definition) is 2. The summed E-state index contributed by atoms with van der Waals surface area (Å²) in [5.41, 5.74) is 1.74. The second kappa shape index (κ2) is 8.55. The summed E-state index contributed by atoms with van der Waals surface area (Å²) < 4.78 is 7.90. The Balaban J connectivity index is 1.55. The first kappa shape index (κ1) is 19.9. The van der Waals surface area contributed by atoms with Crippen LogP contribution in [-0.2, 0) is 11.3 Å². The highest BCUT2D eigenvalue weighted by Crippen LogP contribution is 2.26. The number of rotatable bonds is 7. The average Bonchev–Trinajstić information content (AvgIpc) is 3.10. The zero-order valence-corrected chi connectivity index (χ0v) is 17.1. The minimum absolute atomic E-state index is 0.124. The zero-order valence-electron chi connectivity index (χ0n) is 17.1. The molecule has 0 fully saturated rings. The van der Waals surface area contributed by atoms with Crippen LogP contribution in [0, 0.1) is 0 Å². The Hall–Kier alpha value is -3.38. The molecule has 0 saturated carbocycles. The van der Waals surface area contributed by atoms with Crippen molar-refractivity contribution in [3.8, 4) is 5.75 Å². The molecule has 0 saturated heterocycles. The second-order valence-corrected chi connectivity index (χ2v) is 7.43. The van der Waals surface area contributed by atoms with E-state index < -0.39 is 6.10 Å². The van der Waals surface area contributed by atoms with Crippen LogP contribution in [0.3, 0.4) is 0 Å². The van der Waals surface area contributed by atoms with E-state index >= 15 is 0 Å². The molecule has 30 heavy (non-hydrogen) atoms. The summed E-state index contributed by atoms with van der Waals surface area (Å²) in [5.74, 6) is 1.33. The Bertz CT molecular complexity index is 1180. The first-order valence-electron chi connectivity index (χ1n) is 10.0. The number of benzene rings is 3. The number of ether oxygens (including phenoxy) is 1. The number of aliphatic hydroxyl groups excluding tert-OH is 1. The molecule has 0 aliphatic carbocycles. The monoisotopic (exact) mass is 403 g/mol. The van der Waals surface area contributed by atoms with E-state index in [0.717, 1.165) is 27.6 Å². The van der Waals surface area contributed by atoms with E-state index in [2.05, 4.69) is 10.3 Å². The molecule has 0 unspecified atom stereocenters. The maximum absolute atomic E-state index is 11.5. The first-order chi connectivity index (χ1) is 14.5. The summed E-state index contributed by atoms with van der Waals surface area (Å²) >= 11 is 0. The molecule has 6 nitrogen and oxygen atoms in total. The Labute approximate surface area is 175 Å². The number of carbonyl (C=O) groups is 1. The van der Waals surface area contributed by atoms with Gasteiger partial charge in [0.25, 0.3) is 0 Å². The number of imidazole rings is 1. The maximum Gasteiger partial charge on any atom is 0.217 e. The molecule has 6 heteroatoms. The van der Waals surface area contributed by atoms with Gasteiger partial charge in [-0.3, -0.25) is 4.79 Å². The smallest absolute Gasteiger partial charge is 0.217 e. The summed E-state index contributed by atoms with van der Waals surface area (Å²) in [4.78, 5) is 16.2. The largest absolute Gasteiger partial charge is 0.490 e. The molecule has 0 spiro atoms. The topological polar surface area (TPSA) is 76.4 Å². The van der Waals surface area contributed by atoms with Crippen LogP contribution in [0.25, 0.3) is 21.8 Å². The van der Waals surface area contributed by atoms with Gasteiger partial charge >= 0.3 is 0 Å². The van der Waals surface area contributed by atoms with Crippen molar-refractivity contribution in [2.75, 3.05) is 6.61 Å². The van der Waals surface area contributed by atoms with Crippen molar-refractivity contribution < 1.29 is 14.6 Å². The lowest BCUT2D eigenvalue weighted by Gasteiger charge is -2.19. The molecule has 0 radical (unpaired) electrons. The van der Waals surface area contributed by atoms with Crippen LogP contribution >= 0.6 is 0 Å². The fourth-order valence-corrected chi connectivity index (χ4v) is 3.76. The van der Waals surface area contributed by atoms with Crippen LogP contribution in [0.4, 0.5) is 0 Å². The van der Waals surface area contributed by atoms with E-state index in [4.69, 9.17) is 4.74 Å². The van der Waals surface area contributed by atoms with Crippen molar-refractivity contribution in [1.29, 1.82) is 0 Å². The van der Waals surface area contributed by atoms with Crippen molar-refractivity contribution in [1.82, 2.24) is 14.9 Å². The number of fused-ring (bicyclic) bond motifs is 2. The molecule has 2 atom stereocenters. The lowest BCUT2D eigenvalue weighted by atomic mass is 10.1. The van der Waals surface area contributed by atoms with Gasteiger partial charge in [0.1, 0.15) is 24.3 Å². The molecule has 4 rings (SSSR count). The van der Waals surface area contributed by atoms with E-state index in [9.17, 15) is 9.90 Å². The van der Waals surface area contributed by atoms with E-state index in [-0.39, 0.29) is 18.6 Å². The number of nitrogens with zero attached hydrogens (tertiary/aromatic N) is 2. The molecule has 0 bridgehead atoms. The SMILES string of the molecule is CC(=O)N[C@@H](C)c1nc2ccccc2n1C[C@H](O)COc1cccc2ccccc12. The third-order valence-corrected chi connectivity index (χ3v) is 5.07. The van der Waals surface area contributed by atoms with Gasteiger partial charge in [-0.1, -0.05) is 48.5 Å². The molecule has 154 valence electrons. The van der Waals surface area contributed by atoms with Crippen molar-refractivity contribution in [2.45, 2.75) is 32.5 Å². The number of carbonyl (C=O) groups excluding carboxylic acids is 1. The third kappa shape index (κ3) is 4.14. The number of amides is 1. The normalized spacial score (nSPS) is 13.3. The van der Waals surface area contributed by atoms with Crippen molar-refractivity contribution in [2.24, 2.45) is 0 Å². The quantitative estimate of drug-likeness (QED) is 0.492. The van der Waals surface area contributed by atoms with Crippen LogP contribution in [0.1, 0.15) is 25.7 Å². The van der Waals surface area contributed by atoms with E-state index in [1.54, 1.807) is 0 Å². The van der Waals surface area contributed by atoms with Crippen LogP contribution in [0.2, 0.25) is 0 Å². The molecule has 4 aromatic rings. The summed E-state index contributed by atoms with van der Waals surface area (Å²) in [7, 11) is 0. The molecule has 1 heterocycles. The summed E-state index contributed by atoms with van der Waals surface area (Å²) in [6.07, 6.45) is -0.746. The van der Waals surface area contributed by atoms with Gasteiger partial charge in [0, 0.05) is 12.3 Å². The standard InChI is InChI=1S/C24H25N3O3/c1-16(25-17(2)28)24-26-21-11-5-6-12-22(21)27(24)14-19(29)15-30-23-13-7-9-18-8-3-4-10-20(18)23/h3-13,16,19,29H,14-15H2,1-2H3,(H,25,28)/t16-,19-/m0/s1. The Morgan fingerprint density at radius 3 is 2.67 bits per heavy atom. The van der Waals surface area contributed by atoms with Crippen LogP contribution in [0.15, 0.2) is 66.7 Å². The van der Waals surface area contributed by atoms with Gasteiger partial charge in [-0.05, 0) is 30.5 Å². The van der Waals surface area contributed by atoms with Crippen LogP contribution in [-0.4, -0.2) is 33.3 Å². The van der Waals surface area contributed by atoms with Crippen LogP contribution in [0.5, 0.6) is 5.75 Å². The molecular weight excluding hydrogens is 378 g/mol. The van der Waals surface area contributed by atoms with E-state index in [1.165, 1.54) is 6.92 Å². The fourth-order valence-electron chi connectivity index (χ4n) is 3.76. The first-order valence-corrected chi connectivity index (χ1v) is 10.0. The Kier molecular flexibility index (Phi) is 5.68. The molecule has 2 N–H and O–H groups in total. The highest BCUT2D eigenvalue weighted by atomic mass is 16.5. The predicted octanol–water partition coefficient (Wildman–Crippen LogP) is 3.83. The fraction of sp³-hybridized carbons (Fsp3) is 0.250. The highest BCUT2D eigenvalue weighted by molar-refractivity contribution is 5.88. The van der Waals surface area contributed by atoms with Gasteiger partial charge in [-0.25, -0.2) is 4.98 Å². The average molecular weight is 403 g/mol. The second-order valence-electron chi connectivity index (χ2n) is 7.43. The number of aliphatic hydroxyl groups is 1. The minimum Gasteiger partial charge on any atom is -0.490 e. The van der Waals surface area contributed by atoms with Gasteiger partial charge < -0.3 is 19.7 Å². The number of aromatic nitrogens is 2. The van der Waals surface area contributed by atoms with Crippen molar-refractivity contribution in [3.63, 3.8) is 0 Å². The Morgan fingerprint density at radius 1 is 1.10 bits per heavy atom. The predicted molar refractivity (Wildman–Crippen MR) is 117 cm³/mol. The number of hydrogen-bond acceptors (Lipinski definition) is 4. The van der Waals surface area contributed by atoms with Gasteiger partial charge in [-0.2, -0.15) is 0 Å². The molecule has 1 aromatic heterocycles.